The number of benzene rings is 4. The Balaban J connectivity index is 1.60. The number of rotatable bonds is 27. The van der Waals surface area contributed by atoms with Crippen molar-refractivity contribution in [2.45, 2.75) is 59.3 Å². The summed E-state index contributed by atoms with van der Waals surface area (Å²) in [5, 5.41) is 0. The molecule has 1 aliphatic carbocycles. The van der Waals surface area contributed by atoms with Gasteiger partial charge in [-0.05, 0) is 96.3 Å². The first-order valence-electron chi connectivity index (χ1n) is 21.3. The Kier molecular flexibility index (Phi) is 18.6. The van der Waals surface area contributed by atoms with E-state index in [1.54, 1.807) is 27.0 Å². The number of carbonyl (C=O) groups excluding carboxylic acids is 2. The first kappa shape index (κ1) is 47.2. The molecule has 0 bridgehead atoms. The number of carbonyl (C=O) groups is 2. The van der Waals surface area contributed by atoms with Crippen LogP contribution in [0.5, 0.6) is 11.5 Å². The number of esters is 2. The number of fused-ring (bicyclic) bond motifs is 3. The number of ether oxygens (including phenoxy) is 8. The molecule has 0 saturated carbocycles. The average Bonchev–Trinajstić information content (AvgIpc) is 3.54. The predicted octanol–water partition coefficient (Wildman–Crippen LogP) is 8.65. The molecule has 0 saturated heterocycles. The maximum Gasteiger partial charge on any atom is 0.342 e. The summed E-state index contributed by atoms with van der Waals surface area (Å²) >= 11 is 0. The van der Waals surface area contributed by atoms with Gasteiger partial charge in [0.15, 0.2) is 5.75 Å². The molecule has 4 aromatic rings. The molecule has 0 aromatic heterocycles. The Labute approximate surface area is 360 Å². The lowest BCUT2D eigenvalue weighted by molar-refractivity contribution is -0.215. The van der Waals surface area contributed by atoms with Crippen LogP contribution in [0.1, 0.15) is 101 Å². The summed E-state index contributed by atoms with van der Waals surface area (Å²) in [5.41, 5.74) is 7.23. The van der Waals surface area contributed by atoms with E-state index in [-0.39, 0.29) is 62.4 Å². The minimum absolute atomic E-state index is 0.125. The second kappa shape index (κ2) is 24.0. The van der Waals surface area contributed by atoms with Gasteiger partial charge in [0.05, 0.1) is 71.5 Å². The van der Waals surface area contributed by atoms with E-state index in [0.29, 0.717) is 52.0 Å². The number of hydrogen-bond donors (Lipinski definition) is 0. The second-order valence-electron chi connectivity index (χ2n) is 14.8. The highest BCUT2D eigenvalue weighted by Gasteiger charge is 2.47. The highest BCUT2D eigenvalue weighted by atomic mass is 17.2. The van der Waals surface area contributed by atoms with Gasteiger partial charge in [-0.15, -0.1) is 0 Å². The van der Waals surface area contributed by atoms with E-state index < -0.39 is 17.4 Å². The summed E-state index contributed by atoms with van der Waals surface area (Å²) in [6.07, 6.45) is 0.942. The molecule has 12 nitrogen and oxygen atoms in total. The summed E-state index contributed by atoms with van der Waals surface area (Å²) in [4.78, 5) is 39.0. The molecule has 330 valence electrons. The van der Waals surface area contributed by atoms with Crippen LogP contribution in [-0.4, -0.2) is 105 Å². The Hall–Kier alpha value is -4.82. The van der Waals surface area contributed by atoms with Gasteiger partial charge in [0, 0.05) is 13.7 Å². The molecule has 5 rings (SSSR count). The van der Waals surface area contributed by atoms with Crippen molar-refractivity contribution >= 4 is 11.9 Å². The van der Waals surface area contributed by atoms with E-state index in [2.05, 4.69) is 64.1 Å². The van der Waals surface area contributed by atoms with Gasteiger partial charge in [-0.1, -0.05) is 74.9 Å². The fourth-order valence-electron chi connectivity index (χ4n) is 7.40. The molecule has 4 aromatic carbocycles. The van der Waals surface area contributed by atoms with Crippen molar-refractivity contribution in [2.75, 3.05) is 93.0 Å². The van der Waals surface area contributed by atoms with Crippen LogP contribution in [0.4, 0.5) is 0 Å². The standard InChI is InChI=1S/C49H62O12/c1-8-19-53-22-23-56-27-29-60-61-46-18-14-38(33-42(46)48(51)58-10-3)49(43-30-35(6)11-15-39(43)40-16-12-36(34(4)5)31-44(40)49)37-13-17-45(41(32-37)47(50)57-9-2)59-28-26-55-25-24-54-21-20-52-7/h11-18,30-34H,8-10,19-29H2,1-7H3. The minimum atomic E-state index is -1.03. The molecule has 1 unspecified atom stereocenters. The highest BCUT2D eigenvalue weighted by Crippen LogP contribution is 2.57. The largest absolute Gasteiger partial charge is 0.490 e. The van der Waals surface area contributed by atoms with Crippen molar-refractivity contribution in [3.8, 4) is 22.6 Å². The molecule has 1 atom stereocenters. The number of aryl methyl sites for hydroxylation is 1. The van der Waals surface area contributed by atoms with Gasteiger partial charge in [-0.25, -0.2) is 9.59 Å². The van der Waals surface area contributed by atoms with Gasteiger partial charge < -0.3 is 42.8 Å². The highest BCUT2D eigenvalue weighted by molar-refractivity contribution is 5.95. The topological polar surface area (TPSA) is 126 Å². The van der Waals surface area contributed by atoms with Crippen molar-refractivity contribution in [1.82, 2.24) is 0 Å². The second-order valence-corrected chi connectivity index (χ2v) is 14.8. The van der Waals surface area contributed by atoms with Crippen LogP contribution in [0.3, 0.4) is 0 Å². The Morgan fingerprint density at radius 3 is 1.69 bits per heavy atom. The normalized spacial score (nSPS) is 14.2. The van der Waals surface area contributed by atoms with Crippen molar-refractivity contribution in [1.29, 1.82) is 0 Å². The van der Waals surface area contributed by atoms with E-state index >= 15 is 0 Å². The van der Waals surface area contributed by atoms with Gasteiger partial charge in [0.25, 0.3) is 0 Å². The first-order valence-corrected chi connectivity index (χ1v) is 21.3. The van der Waals surface area contributed by atoms with E-state index in [0.717, 1.165) is 50.9 Å². The zero-order valence-electron chi connectivity index (χ0n) is 36.8. The average molecular weight is 843 g/mol. The monoisotopic (exact) mass is 842 g/mol. The van der Waals surface area contributed by atoms with Crippen LogP contribution < -0.4 is 9.62 Å². The third-order valence-corrected chi connectivity index (χ3v) is 10.3. The molecule has 0 heterocycles. The first-order chi connectivity index (χ1) is 29.7. The minimum Gasteiger partial charge on any atom is -0.490 e. The molecular formula is C49H62O12. The zero-order valence-corrected chi connectivity index (χ0v) is 36.8. The van der Waals surface area contributed by atoms with Crippen LogP contribution in [0.25, 0.3) is 11.1 Å². The van der Waals surface area contributed by atoms with Gasteiger partial charge in [0.2, 0.25) is 0 Å². The molecule has 0 radical (unpaired) electrons. The molecular weight excluding hydrogens is 781 g/mol. The van der Waals surface area contributed by atoms with Crippen LogP contribution in [-0.2, 0) is 43.5 Å². The van der Waals surface area contributed by atoms with E-state index in [1.165, 1.54) is 0 Å². The van der Waals surface area contributed by atoms with Gasteiger partial charge >= 0.3 is 11.9 Å². The SMILES string of the molecule is CCCOCCOCCOOc1ccc(C2(c3ccc(OCCOCCOCCOC)c(C(=O)OCC)c3)c3cc(C)ccc3-c3ccc(C(C)C)cc32)cc1C(=O)OCC. The van der Waals surface area contributed by atoms with Crippen LogP contribution in [0.2, 0.25) is 0 Å². The number of methoxy groups -OCH3 is 1. The lowest BCUT2D eigenvalue weighted by atomic mass is 9.66. The molecule has 61 heavy (non-hydrogen) atoms. The molecule has 12 heteroatoms. The van der Waals surface area contributed by atoms with Gasteiger partial charge in [0.1, 0.15) is 30.1 Å². The molecule has 1 aliphatic rings. The fourth-order valence-corrected chi connectivity index (χ4v) is 7.40. The maximum atomic E-state index is 13.8. The number of hydrogen-bond acceptors (Lipinski definition) is 12. The van der Waals surface area contributed by atoms with E-state index in [1.807, 2.05) is 30.3 Å². The molecule has 0 N–H and O–H groups in total. The molecule has 0 amide bonds. The summed E-state index contributed by atoms with van der Waals surface area (Å²) in [5.74, 6) is -0.315. The van der Waals surface area contributed by atoms with Gasteiger partial charge in [-0.3, -0.25) is 0 Å². The summed E-state index contributed by atoms with van der Waals surface area (Å²) < 4.78 is 44.7. The Bertz CT molecular complexity index is 1940. The Morgan fingerprint density at radius 1 is 0.574 bits per heavy atom. The molecule has 0 fully saturated rings. The van der Waals surface area contributed by atoms with Crippen molar-refractivity contribution < 1.29 is 57.3 Å². The predicted molar refractivity (Wildman–Crippen MR) is 232 cm³/mol. The summed E-state index contributed by atoms with van der Waals surface area (Å²) in [6.45, 7) is 16.6. The maximum absolute atomic E-state index is 13.8. The van der Waals surface area contributed by atoms with Crippen LogP contribution in [0.15, 0.2) is 72.8 Å². The van der Waals surface area contributed by atoms with E-state index in [4.69, 9.17) is 47.7 Å². The smallest absolute Gasteiger partial charge is 0.342 e. The van der Waals surface area contributed by atoms with Crippen molar-refractivity contribution in [3.63, 3.8) is 0 Å². The molecule has 0 spiro atoms. The lowest BCUT2D eigenvalue weighted by Crippen LogP contribution is -2.30. The summed E-state index contributed by atoms with van der Waals surface area (Å²) in [7, 11) is 1.63. The quantitative estimate of drug-likeness (QED) is 0.0217. The van der Waals surface area contributed by atoms with Gasteiger partial charge in [-0.2, -0.15) is 4.89 Å². The van der Waals surface area contributed by atoms with Crippen LogP contribution in [0, 0.1) is 6.92 Å². The molecule has 0 aliphatic heterocycles. The van der Waals surface area contributed by atoms with Crippen molar-refractivity contribution in [3.05, 3.63) is 117 Å². The summed E-state index contributed by atoms with van der Waals surface area (Å²) in [6, 6.07) is 24.1. The third kappa shape index (κ3) is 11.8. The fraction of sp³-hybridized carbons (Fsp3) is 0.469. The van der Waals surface area contributed by atoms with Crippen LogP contribution >= 0.6 is 0 Å². The lowest BCUT2D eigenvalue weighted by Gasteiger charge is -2.35. The van der Waals surface area contributed by atoms with Crippen molar-refractivity contribution in [2.24, 2.45) is 0 Å². The third-order valence-electron chi connectivity index (χ3n) is 10.3. The van der Waals surface area contributed by atoms with E-state index in [9.17, 15) is 9.59 Å². The zero-order chi connectivity index (χ0) is 43.6. The Morgan fingerprint density at radius 2 is 1.10 bits per heavy atom.